The number of alkyl halides is 3. The van der Waals surface area contributed by atoms with Gasteiger partial charge in [-0.1, -0.05) is 6.07 Å². The van der Waals surface area contributed by atoms with Gasteiger partial charge < -0.3 is 25.2 Å². The highest BCUT2D eigenvalue weighted by Gasteiger charge is 2.43. The first kappa shape index (κ1) is 18.3. The number of benzene rings is 2. The Morgan fingerprint density at radius 1 is 1.04 bits per heavy atom. The van der Waals surface area contributed by atoms with Gasteiger partial charge in [0.05, 0.1) is 6.21 Å². The Morgan fingerprint density at radius 2 is 1.82 bits per heavy atom. The van der Waals surface area contributed by atoms with Gasteiger partial charge in [-0.25, -0.2) is 9.98 Å². The SMILES string of the molecule is Oc1cccc(NC2(Cl)N=CC(F)(F)C(Nc3ccc4c(c3)OCCO4)=N2)c1. The van der Waals surface area contributed by atoms with Gasteiger partial charge in [-0.2, -0.15) is 8.78 Å². The van der Waals surface area contributed by atoms with Crippen LogP contribution in [-0.4, -0.2) is 41.5 Å². The Bertz CT molecular complexity index is 970. The van der Waals surface area contributed by atoms with Gasteiger partial charge in [-0.15, -0.1) is 0 Å². The van der Waals surface area contributed by atoms with E-state index in [1.165, 1.54) is 18.2 Å². The molecule has 146 valence electrons. The van der Waals surface area contributed by atoms with Gasteiger partial charge in [-0.3, -0.25) is 0 Å². The second kappa shape index (κ2) is 6.83. The van der Waals surface area contributed by atoms with Gasteiger partial charge >= 0.3 is 11.2 Å². The van der Waals surface area contributed by atoms with E-state index in [-0.39, 0.29) is 5.75 Å². The third kappa shape index (κ3) is 3.79. The Labute approximate surface area is 163 Å². The number of fused-ring (bicyclic) bond motifs is 1. The number of hydrogen-bond acceptors (Lipinski definition) is 7. The molecule has 28 heavy (non-hydrogen) atoms. The molecule has 0 saturated heterocycles. The van der Waals surface area contributed by atoms with Crippen LogP contribution in [0.15, 0.2) is 52.4 Å². The van der Waals surface area contributed by atoms with Crippen molar-refractivity contribution in [2.24, 2.45) is 9.98 Å². The second-order valence-corrected chi connectivity index (χ2v) is 6.61. The van der Waals surface area contributed by atoms with Crippen molar-refractivity contribution in [1.82, 2.24) is 0 Å². The summed E-state index contributed by atoms with van der Waals surface area (Å²) in [6.45, 7) is 0.801. The van der Waals surface area contributed by atoms with Crippen molar-refractivity contribution < 1.29 is 23.4 Å². The number of anilines is 2. The maximum absolute atomic E-state index is 14.3. The average Bonchev–Trinajstić information content (AvgIpc) is 2.65. The van der Waals surface area contributed by atoms with Crippen LogP contribution in [0, 0.1) is 0 Å². The van der Waals surface area contributed by atoms with Gasteiger partial charge in [0.25, 0.3) is 0 Å². The number of halogens is 3. The summed E-state index contributed by atoms with van der Waals surface area (Å²) >= 11 is 6.27. The lowest BCUT2D eigenvalue weighted by Crippen LogP contribution is -2.45. The topological polar surface area (TPSA) is 87.5 Å². The summed E-state index contributed by atoms with van der Waals surface area (Å²) < 4.78 is 39.5. The highest BCUT2D eigenvalue weighted by molar-refractivity contribution is 6.27. The summed E-state index contributed by atoms with van der Waals surface area (Å²) in [5.74, 6) is -3.19. The zero-order valence-corrected chi connectivity index (χ0v) is 15.1. The fourth-order valence-electron chi connectivity index (χ4n) is 2.68. The molecule has 0 aromatic heterocycles. The maximum Gasteiger partial charge on any atom is 0.339 e. The third-order valence-electron chi connectivity index (χ3n) is 3.93. The number of amidine groups is 1. The predicted octanol–water partition coefficient (Wildman–Crippen LogP) is 3.66. The summed E-state index contributed by atoms with van der Waals surface area (Å²) in [4.78, 5) is 7.48. The minimum absolute atomic E-state index is 0.0195. The standard InChI is InChI=1S/C18H15ClF2N4O3/c19-18(24-12-2-1-3-13(26)8-12)22-10-17(20,21)16(25-18)23-11-4-5-14-15(9-11)28-7-6-27-14/h1-5,8-10,24,26H,6-7H2,(H,23,25). The molecule has 2 heterocycles. The van der Waals surface area contributed by atoms with E-state index < -0.39 is 17.0 Å². The molecule has 2 aliphatic heterocycles. The lowest BCUT2D eigenvalue weighted by Gasteiger charge is -2.29. The van der Waals surface area contributed by atoms with Crippen LogP contribution in [0.4, 0.5) is 20.2 Å². The number of phenols is 1. The van der Waals surface area contributed by atoms with Crippen LogP contribution in [0.25, 0.3) is 0 Å². The number of nitrogens with zero attached hydrogens (tertiary/aromatic N) is 2. The van der Waals surface area contributed by atoms with Crippen LogP contribution in [-0.2, 0) is 0 Å². The summed E-state index contributed by atoms with van der Waals surface area (Å²) in [6.07, 6.45) is 0.420. The Kier molecular flexibility index (Phi) is 4.46. The minimum Gasteiger partial charge on any atom is -0.508 e. The predicted molar refractivity (Wildman–Crippen MR) is 102 cm³/mol. The molecule has 0 radical (unpaired) electrons. The summed E-state index contributed by atoms with van der Waals surface area (Å²) in [7, 11) is 0. The van der Waals surface area contributed by atoms with E-state index >= 15 is 0 Å². The quantitative estimate of drug-likeness (QED) is 0.533. The smallest absolute Gasteiger partial charge is 0.339 e. The van der Waals surface area contributed by atoms with Crippen molar-refractivity contribution in [1.29, 1.82) is 0 Å². The number of aromatic hydroxyl groups is 1. The van der Waals surface area contributed by atoms with Gasteiger partial charge in [-0.05, 0) is 35.9 Å². The summed E-state index contributed by atoms with van der Waals surface area (Å²) in [6, 6.07) is 10.7. The molecule has 0 aliphatic carbocycles. The monoisotopic (exact) mass is 408 g/mol. The highest BCUT2D eigenvalue weighted by atomic mass is 35.5. The van der Waals surface area contributed by atoms with Crippen LogP contribution in [0.3, 0.4) is 0 Å². The van der Waals surface area contributed by atoms with E-state index in [1.54, 1.807) is 24.3 Å². The van der Waals surface area contributed by atoms with Crippen LogP contribution in [0.2, 0.25) is 0 Å². The van der Waals surface area contributed by atoms with Crippen LogP contribution in [0.5, 0.6) is 17.2 Å². The number of rotatable bonds is 3. The molecule has 0 bridgehead atoms. The van der Waals surface area contributed by atoms with E-state index in [1.807, 2.05) is 0 Å². The molecule has 1 unspecified atom stereocenters. The highest BCUT2D eigenvalue weighted by Crippen LogP contribution is 2.35. The van der Waals surface area contributed by atoms with Crippen molar-refractivity contribution in [2.75, 3.05) is 23.8 Å². The third-order valence-corrected chi connectivity index (χ3v) is 4.20. The summed E-state index contributed by atoms with van der Waals surface area (Å²) in [5.41, 5.74) is 0.689. The normalized spacial score (nSPS) is 22.3. The van der Waals surface area contributed by atoms with Crippen molar-refractivity contribution in [2.45, 2.75) is 11.2 Å². The van der Waals surface area contributed by atoms with E-state index in [9.17, 15) is 13.9 Å². The van der Waals surface area contributed by atoms with E-state index in [2.05, 4.69) is 20.6 Å². The fourth-order valence-corrected chi connectivity index (χ4v) is 2.92. The maximum atomic E-state index is 14.3. The van der Waals surface area contributed by atoms with E-state index in [0.717, 1.165) is 0 Å². The Morgan fingerprint density at radius 3 is 2.61 bits per heavy atom. The van der Waals surface area contributed by atoms with Crippen molar-refractivity contribution in [3.8, 4) is 17.2 Å². The van der Waals surface area contributed by atoms with E-state index in [4.69, 9.17) is 21.1 Å². The molecule has 0 amide bonds. The molecular weight excluding hydrogens is 394 g/mol. The molecule has 2 aromatic rings. The fraction of sp³-hybridized carbons (Fsp3) is 0.222. The lowest BCUT2D eigenvalue weighted by molar-refractivity contribution is 0.158. The van der Waals surface area contributed by atoms with Gasteiger partial charge in [0.15, 0.2) is 17.3 Å². The van der Waals surface area contributed by atoms with Crippen molar-refractivity contribution in [3.63, 3.8) is 0 Å². The first-order chi connectivity index (χ1) is 13.3. The zero-order chi connectivity index (χ0) is 19.8. The molecular formula is C18H15ClF2N4O3. The molecule has 0 spiro atoms. The first-order valence-corrected chi connectivity index (χ1v) is 8.68. The van der Waals surface area contributed by atoms with Crippen LogP contribution >= 0.6 is 11.6 Å². The second-order valence-electron chi connectivity index (χ2n) is 6.09. The molecule has 10 heteroatoms. The van der Waals surface area contributed by atoms with E-state index in [0.29, 0.717) is 42.3 Å². The summed E-state index contributed by atoms with van der Waals surface area (Å²) in [5, 5.41) is 12.9. The van der Waals surface area contributed by atoms with Crippen molar-refractivity contribution >= 4 is 35.0 Å². The lowest BCUT2D eigenvalue weighted by atomic mass is 10.2. The van der Waals surface area contributed by atoms with Gasteiger partial charge in [0, 0.05) is 23.5 Å². The average molecular weight is 409 g/mol. The molecule has 0 fully saturated rings. The van der Waals surface area contributed by atoms with Crippen molar-refractivity contribution in [3.05, 3.63) is 42.5 Å². The van der Waals surface area contributed by atoms with Gasteiger partial charge in [0.1, 0.15) is 19.0 Å². The number of phenolic OH excluding ortho intramolecular Hbond substituents is 1. The number of hydrogen-bond donors (Lipinski definition) is 3. The molecule has 2 aliphatic rings. The Hall–Kier alpha value is -3.07. The number of ether oxygens (including phenoxy) is 2. The molecule has 2 aromatic carbocycles. The zero-order valence-electron chi connectivity index (χ0n) is 14.3. The molecule has 1 atom stereocenters. The number of aliphatic imine (C=N–C) groups is 2. The number of nitrogens with one attached hydrogen (secondary N) is 2. The van der Waals surface area contributed by atoms with Crippen LogP contribution in [0.1, 0.15) is 0 Å². The molecule has 4 rings (SSSR count). The first-order valence-electron chi connectivity index (χ1n) is 8.30. The van der Waals surface area contributed by atoms with Gasteiger partial charge in [0.2, 0.25) is 0 Å². The largest absolute Gasteiger partial charge is 0.508 e. The molecule has 7 nitrogen and oxygen atoms in total. The molecule has 0 saturated carbocycles. The molecule has 3 N–H and O–H groups in total. The Balaban J connectivity index is 1.60. The minimum atomic E-state index is -3.45. The van der Waals surface area contributed by atoms with Crippen LogP contribution < -0.4 is 20.1 Å².